The van der Waals surface area contributed by atoms with Crippen LogP contribution in [0.15, 0.2) is 121 Å². The number of hydrogen-bond acceptors (Lipinski definition) is 4. The van der Waals surface area contributed by atoms with Gasteiger partial charge in [0.2, 0.25) is 0 Å². The van der Waals surface area contributed by atoms with Crippen LogP contribution in [0.2, 0.25) is 0 Å². The van der Waals surface area contributed by atoms with Gasteiger partial charge in [-0.1, -0.05) is 84.9 Å². The lowest BCUT2D eigenvalue weighted by Gasteiger charge is -2.23. The van der Waals surface area contributed by atoms with Crippen molar-refractivity contribution in [2.45, 2.75) is 38.8 Å². The highest BCUT2D eigenvalue weighted by atomic mass is 19.1. The zero-order valence-corrected chi connectivity index (χ0v) is 23.4. The van der Waals surface area contributed by atoms with E-state index in [0.717, 1.165) is 53.9 Å². The molecule has 0 spiro atoms. The SMILES string of the molecule is Fc1cc(-c2ccc(OCc3ccccc3)cc2)c(OCc2ccccc2)cc1-c1ccc(OC2CCCCO2)cc1. The maximum Gasteiger partial charge on any atom is 0.199 e. The Labute approximate surface area is 246 Å². The van der Waals surface area contributed by atoms with E-state index in [0.29, 0.717) is 35.8 Å². The van der Waals surface area contributed by atoms with Gasteiger partial charge in [0.15, 0.2) is 6.29 Å². The average molecular weight is 561 g/mol. The first kappa shape index (κ1) is 27.6. The van der Waals surface area contributed by atoms with Crippen molar-refractivity contribution in [3.05, 3.63) is 138 Å². The molecule has 1 saturated heterocycles. The Hall–Kier alpha value is -4.61. The minimum atomic E-state index is -0.328. The van der Waals surface area contributed by atoms with Crippen LogP contribution in [0.25, 0.3) is 22.3 Å². The van der Waals surface area contributed by atoms with Gasteiger partial charge in [-0.25, -0.2) is 4.39 Å². The molecule has 1 unspecified atom stereocenters. The van der Waals surface area contributed by atoms with Gasteiger partial charge in [0.05, 0.1) is 6.61 Å². The molecule has 0 bridgehead atoms. The van der Waals surface area contributed by atoms with Gasteiger partial charge in [0.25, 0.3) is 0 Å². The van der Waals surface area contributed by atoms with Crippen molar-refractivity contribution in [3.8, 4) is 39.5 Å². The van der Waals surface area contributed by atoms with E-state index in [1.165, 1.54) is 0 Å². The predicted octanol–water partition coefficient (Wildman–Crippen LogP) is 9.22. The third-order valence-corrected chi connectivity index (χ3v) is 7.29. The molecule has 1 aliphatic rings. The van der Waals surface area contributed by atoms with Crippen molar-refractivity contribution < 1.29 is 23.3 Å². The lowest BCUT2D eigenvalue weighted by atomic mass is 9.98. The fourth-order valence-electron chi connectivity index (χ4n) is 5.00. The third kappa shape index (κ3) is 6.99. The minimum absolute atomic E-state index is 0.228. The van der Waals surface area contributed by atoms with Crippen molar-refractivity contribution in [1.29, 1.82) is 0 Å². The monoisotopic (exact) mass is 560 g/mol. The van der Waals surface area contributed by atoms with Crippen LogP contribution in [0.5, 0.6) is 17.2 Å². The van der Waals surface area contributed by atoms with Crippen molar-refractivity contribution in [2.24, 2.45) is 0 Å². The standard InChI is InChI=1S/C37H33FO4/c38-35-23-34(30-14-18-31(19-15-30)40-25-27-9-3-1-4-10-27)36(41-26-28-11-5-2-6-12-28)24-33(35)29-16-20-32(21-17-29)42-37-13-7-8-22-39-37/h1-6,9-12,14-21,23-24,37H,7-8,13,22,25-26H2. The number of ether oxygens (including phenoxy) is 4. The number of hydrogen-bond donors (Lipinski definition) is 0. The Morgan fingerprint density at radius 1 is 0.619 bits per heavy atom. The van der Waals surface area contributed by atoms with Gasteiger partial charge in [-0.3, -0.25) is 0 Å². The third-order valence-electron chi connectivity index (χ3n) is 7.29. The van der Waals surface area contributed by atoms with Gasteiger partial charge in [-0.05, 0) is 71.5 Å². The van der Waals surface area contributed by atoms with Crippen molar-refractivity contribution >= 4 is 0 Å². The van der Waals surface area contributed by atoms with E-state index >= 15 is 4.39 Å². The molecule has 5 aromatic rings. The van der Waals surface area contributed by atoms with E-state index in [1.807, 2.05) is 109 Å². The van der Waals surface area contributed by atoms with Gasteiger partial charge >= 0.3 is 0 Å². The van der Waals surface area contributed by atoms with E-state index in [9.17, 15) is 0 Å². The summed E-state index contributed by atoms with van der Waals surface area (Å²) in [6, 6.07) is 38.4. The largest absolute Gasteiger partial charge is 0.489 e. The second-order valence-corrected chi connectivity index (χ2v) is 10.3. The highest BCUT2D eigenvalue weighted by Gasteiger charge is 2.17. The van der Waals surface area contributed by atoms with Crippen molar-refractivity contribution in [2.75, 3.05) is 6.61 Å². The molecule has 6 rings (SSSR count). The first-order valence-electron chi connectivity index (χ1n) is 14.4. The Morgan fingerprint density at radius 3 is 1.83 bits per heavy atom. The molecule has 1 heterocycles. The van der Waals surface area contributed by atoms with Crippen LogP contribution in [0, 0.1) is 5.82 Å². The molecule has 0 radical (unpaired) electrons. The van der Waals surface area contributed by atoms with Crippen LogP contribution in [-0.2, 0) is 18.0 Å². The smallest absolute Gasteiger partial charge is 0.199 e. The zero-order chi connectivity index (χ0) is 28.6. The maximum atomic E-state index is 15.7. The van der Waals surface area contributed by atoms with Gasteiger partial charge in [-0.15, -0.1) is 0 Å². The summed E-state index contributed by atoms with van der Waals surface area (Å²) in [6.45, 7) is 1.56. The molecule has 0 aromatic heterocycles. The molecular formula is C37H33FO4. The molecule has 1 atom stereocenters. The van der Waals surface area contributed by atoms with Gasteiger partial charge in [0.1, 0.15) is 36.3 Å². The number of benzene rings is 5. The number of halogens is 1. The molecule has 0 saturated carbocycles. The van der Waals surface area contributed by atoms with Crippen LogP contribution in [-0.4, -0.2) is 12.9 Å². The summed E-state index contributed by atoms with van der Waals surface area (Å²) >= 11 is 0. The molecule has 1 fully saturated rings. The first-order chi connectivity index (χ1) is 20.7. The summed E-state index contributed by atoms with van der Waals surface area (Å²) in [5.74, 6) is 1.72. The van der Waals surface area contributed by atoms with Crippen LogP contribution < -0.4 is 14.2 Å². The number of rotatable bonds is 10. The molecule has 0 N–H and O–H groups in total. The lowest BCUT2D eigenvalue weighted by molar-refractivity contribution is -0.105. The summed E-state index contributed by atoms with van der Waals surface area (Å²) in [5.41, 5.74) is 4.85. The Balaban J connectivity index is 1.25. The fraction of sp³-hybridized carbons (Fsp3) is 0.189. The summed E-state index contributed by atoms with van der Waals surface area (Å²) in [4.78, 5) is 0. The van der Waals surface area contributed by atoms with Gasteiger partial charge in [0, 0.05) is 17.5 Å². The molecule has 5 aromatic carbocycles. The molecule has 42 heavy (non-hydrogen) atoms. The molecule has 0 amide bonds. The Bertz CT molecular complexity index is 1560. The quantitative estimate of drug-likeness (QED) is 0.171. The van der Waals surface area contributed by atoms with Gasteiger partial charge < -0.3 is 18.9 Å². The Kier molecular flexibility index (Phi) is 8.77. The average Bonchev–Trinajstić information content (AvgIpc) is 3.05. The summed E-state index contributed by atoms with van der Waals surface area (Å²) in [7, 11) is 0. The van der Waals surface area contributed by atoms with Crippen molar-refractivity contribution in [1.82, 2.24) is 0 Å². The van der Waals surface area contributed by atoms with Crippen LogP contribution in [0.3, 0.4) is 0 Å². The van der Waals surface area contributed by atoms with E-state index in [1.54, 1.807) is 12.1 Å². The van der Waals surface area contributed by atoms with E-state index < -0.39 is 0 Å². The van der Waals surface area contributed by atoms with Crippen molar-refractivity contribution in [3.63, 3.8) is 0 Å². The Morgan fingerprint density at radius 2 is 1.21 bits per heavy atom. The molecular weight excluding hydrogens is 527 g/mol. The summed E-state index contributed by atoms with van der Waals surface area (Å²) in [5, 5.41) is 0. The highest BCUT2D eigenvalue weighted by molar-refractivity contribution is 5.77. The summed E-state index contributed by atoms with van der Waals surface area (Å²) < 4.78 is 39.6. The first-order valence-corrected chi connectivity index (χ1v) is 14.4. The molecule has 1 aliphatic heterocycles. The lowest BCUT2D eigenvalue weighted by Crippen LogP contribution is -2.24. The second kappa shape index (κ2) is 13.4. The maximum absolute atomic E-state index is 15.7. The van der Waals surface area contributed by atoms with Gasteiger partial charge in [-0.2, -0.15) is 0 Å². The zero-order valence-electron chi connectivity index (χ0n) is 23.4. The molecule has 0 aliphatic carbocycles. The predicted molar refractivity (Wildman–Crippen MR) is 163 cm³/mol. The topological polar surface area (TPSA) is 36.9 Å². The molecule has 4 nitrogen and oxygen atoms in total. The second-order valence-electron chi connectivity index (χ2n) is 10.3. The highest BCUT2D eigenvalue weighted by Crippen LogP contribution is 2.38. The summed E-state index contributed by atoms with van der Waals surface area (Å²) in [6.07, 6.45) is 2.80. The van der Waals surface area contributed by atoms with E-state index in [2.05, 4.69) is 0 Å². The van der Waals surface area contributed by atoms with E-state index in [4.69, 9.17) is 18.9 Å². The minimum Gasteiger partial charge on any atom is -0.489 e. The van der Waals surface area contributed by atoms with Crippen LogP contribution >= 0.6 is 0 Å². The molecule has 212 valence electrons. The van der Waals surface area contributed by atoms with E-state index in [-0.39, 0.29) is 12.1 Å². The normalized spacial score (nSPS) is 14.7. The fourth-order valence-corrected chi connectivity index (χ4v) is 5.00. The molecule has 5 heteroatoms. The van der Waals surface area contributed by atoms with Crippen LogP contribution in [0.4, 0.5) is 4.39 Å². The van der Waals surface area contributed by atoms with Crippen LogP contribution in [0.1, 0.15) is 30.4 Å².